The van der Waals surface area contributed by atoms with Gasteiger partial charge in [-0.1, -0.05) is 12.1 Å². The third-order valence-electron chi connectivity index (χ3n) is 4.39. The fourth-order valence-corrected chi connectivity index (χ4v) is 3.13. The Kier molecular flexibility index (Phi) is 4.05. The second-order valence-electron chi connectivity index (χ2n) is 5.85. The van der Waals surface area contributed by atoms with Crippen LogP contribution in [0.4, 0.5) is 0 Å². The summed E-state index contributed by atoms with van der Waals surface area (Å²) in [6.07, 6.45) is 3.01. The number of aromatic nitrogens is 2. The molecule has 0 saturated carbocycles. The average molecular weight is 280 g/mol. The van der Waals surface area contributed by atoms with Crippen LogP contribution in [-0.2, 0) is 10.3 Å². The third kappa shape index (κ3) is 2.60. The van der Waals surface area contributed by atoms with Gasteiger partial charge in [-0.3, -0.25) is 4.90 Å². The van der Waals surface area contributed by atoms with Gasteiger partial charge in [0, 0.05) is 32.8 Å². The molecule has 6 heteroatoms. The van der Waals surface area contributed by atoms with Gasteiger partial charge in [0.25, 0.3) is 5.89 Å². The van der Waals surface area contributed by atoms with E-state index in [9.17, 15) is 0 Å². The van der Waals surface area contributed by atoms with Crippen molar-refractivity contribution in [2.24, 2.45) is 0 Å². The summed E-state index contributed by atoms with van der Waals surface area (Å²) in [5.74, 6) is 1.44. The first-order valence-corrected chi connectivity index (χ1v) is 7.66. The summed E-state index contributed by atoms with van der Waals surface area (Å²) >= 11 is 0. The highest BCUT2D eigenvalue weighted by Gasteiger charge is 2.38. The van der Waals surface area contributed by atoms with Gasteiger partial charge in [-0.05, 0) is 26.2 Å². The van der Waals surface area contributed by atoms with E-state index in [2.05, 4.69) is 27.3 Å². The number of hydrogen-bond donors (Lipinski definition) is 1. The molecule has 1 N–H and O–H groups in total. The lowest BCUT2D eigenvalue weighted by molar-refractivity contribution is -0.00937. The second kappa shape index (κ2) is 5.79. The zero-order chi connectivity index (χ0) is 14.0. The minimum absolute atomic E-state index is 0.250. The maximum absolute atomic E-state index is 5.78. The lowest BCUT2D eigenvalue weighted by Gasteiger charge is -2.32. The molecule has 0 aliphatic carbocycles. The van der Waals surface area contributed by atoms with Gasteiger partial charge in [-0.2, -0.15) is 4.98 Å². The normalized spacial score (nSPS) is 29.7. The van der Waals surface area contributed by atoms with Gasteiger partial charge in [-0.15, -0.1) is 0 Å². The minimum Gasteiger partial charge on any atom is -0.365 e. The van der Waals surface area contributed by atoms with Gasteiger partial charge >= 0.3 is 0 Å². The van der Waals surface area contributed by atoms with Crippen molar-refractivity contribution in [1.29, 1.82) is 0 Å². The molecule has 3 rings (SSSR count). The zero-order valence-electron chi connectivity index (χ0n) is 12.4. The molecule has 2 aliphatic rings. The molecular formula is C14H24N4O2. The van der Waals surface area contributed by atoms with Crippen molar-refractivity contribution in [2.75, 3.05) is 32.8 Å². The van der Waals surface area contributed by atoms with E-state index in [4.69, 9.17) is 9.26 Å². The Bertz CT molecular complexity index is 436. The molecule has 2 saturated heterocycles. The fourth-order valence-electron chi connectivity index (χ4n) is 3.13. The monoisotopic (exact) mass is 280 g/mol. The summed E-state index contributed by atoms with van der Waals surface area (Å²) in [4.78, 5) is 7.08. The molecule has 2 fully saturated rings. The predicted molar refractivity (Wildman–Crippen MR) is 74.3 cm³/mol. The molecule has 1 aromatic heterocycles. The number of ether oxygens (including phenoxy) is 1. The van der Waals surface area contributed by atoms with E-state index in [1.54, 1.807) is 0 Å². The number of nitrogens with one attached hydrogen (secondary N) is 1. The summed E-state index contributed by atoms with van der Waals surface area (Å²) in [5.41, 5.74) is -0.382. The fraction of sp³-hybridized carbons (Fsp3) is 0.857. The van der Waals surface area contributed by atoms with Crippen molar-refractivity contribution in [3.8, 4) is 0 Å². The van der Waals surface area contributed by atoms with Crippen LogP contribution in [0.15, 0.2) is 4.52 Å². The van der Waals surface area contributed by atoms with Crippen LogP contribution in [-0.4, -0.2) is 47.8 Å². The third-order valence-corrected chi connectivity index (χ3v) is 4.39. The first-order chi connectivity index (χ1) is 9.73. The van der Waals surface area contributed by atoms with Crippen LogP contribution in [0.2, 0.25) is 0 Å². The molecule has 112 valence electrons. The van der Waals surface area contributed by atoms with Crippen LogP contribution in [0.25, 0.3) is 0 Å². The highest BCUT2D eigenvalue weighted by atomic mass is 16.5. The molecule has 2 unspecified atom stereocenters. The zero-order valence-corrected chi connectivity index (χ0v) is 12.4. The van der Waals surface area contributed by atoms with Crippen LogP contribution in [0, 0.1) is 0 Å². The number of piperazine rings is 1. The van der Waals surface area contributed by atoms with E-state index in [-0.39, 0.29) is 11.6 Å². The smallest absolute Gasteiger partial charge is 0.258 e. The molecule has 3 heterocycles. The summed E-state index contributed by atoms with van der Waals surface area (Å²) in [6.45, 7) is 9.14. The van der Waals surface area contributed by atoms with Crippen molar-refractivity contribution in [1.82, 2.24) is 20.4 Å². The van der Waals surface area contributed by atoms with E-state index in [1.807, 2.05) is 6.92 Å². The SMILES string of the molecule is CCC(c1noc(C2(C)CCCO2)n1)N1CCNCC1. The molecule has 1 aromatic rings. The van der Waals surface area contributed by atoms with E-state index in [1.165, 1.54) is 0 Å². The summed E-state index contributed by atoms with van der Waals surface area (Å²) in [7, 11) is 0. The Morgan fingerprint density at radius 3 is 2.85 bits per heavy atom. The highest BCUT2D eigenvalue weighted by Crippen LogP contribution is 2.35. The number of nitrogens with zero attached hydrogens (tertiary/aromatic N) is 3. The summed E-state index contributed by atoms with van der Waals surface area (Å²) < 4.78 is 11.3. The molecule has 0 spiro atoms. The molecular weight excluding hydrogens is 256 g/mol. The Hall–Kier alpha value is -0.980. The highest BCUT2D eigenvalue weighted by molar-refractivity contribution is 5.03. The maximum atomic E-state index is 5.78. The Labute approximate surface area is 119 Å². The topological polar surface area (TPSA) is 63.4 Å². The van der Waals surface area contributed by atoms with E-state index < -0.39 is 0 Å². The van der Waals surface area contributed by atoms with E-state index >= 15 is 0 Å². The molecule has 2 aliphatic heterocycles. The van der Waals surface area contributed by atoms with Crippen molar-refractivity contribution in [3.63, 3.8) is 0 Å². The van der Waals surface area contributed by atoms with Gasteiger partial charge in [0.2, 0.25) is 0 Å². The molecule has 20 heavy (non-hydrogen) atoms. The molecule has 0 bridgehead atoms. The van der Waals surface area contributed by atoms with E-state index in [0.29, 0.717) is 5.89 Å². The first kappa shape index (κ1) is 14.0. The number of rotatable bonds is 4. The van der Waals surface area contributed by atoms with Crippen LogP contribution >= 0.6 is 0 Å². The van der Waals surface area contributed by atoms with Crippen LogP contribution < -0.4 is 5.32 Å². The minimum atomic E-state index is -0.382. The van der Waals surface area contributed by atoms with Gasteiger partial charge in [0.1, 0.15) is 5.60 Å². The number of hydrogen-bond acceptors (Lipinski definition) is 6. The molecule has 0 aromatic carbocycles. The second-order valence-corrected chi connectivity index (χ2v) is 5.85. The van der Waals surface area contributed by atoms with Gasteiger partial charge < -0.3 is 14.6 Å². The quantitative estimate of drug-likeness (QED) is 0.900. The van der Waals surface area contributed by atoms with Crippen molar-refractivity contribution in [2.45, 2.75) is 44.8 Å². The van der Waals surface area contributed by atoms with Crippen molar-refractivity contribution in [3.05, 3.63) is 11.7 Å². The standard InChI is InChI=1S/C14H24N4O2/c1-3-11(18-8-6-15-7-9-18)12-16-13(20-17-12)14(2)5-4-10-19-14/h11,15H,3-10H2,1-2H3. The summed E-state index contributed by atoms with van der Waals surface area (Å²) in [5, 5.41) is 7.60. The summed E-state index contributed by atoms with van der Waals surface area (Å²) in [6, 6.07) is 0.250. The maximum Gasteiger partial charge on any atom is 0.258 e. The molecule has 0 radical (unpaired) electrons. The van der Waals surface area contributed by atoms with Gasteiger partial charge in [-0.25, -0.2) is 0 Å². The molecule has 0 amide bonds. The largest absolute Gasteiger partial charge is 0.365 e. The lowest BCUT2D eigenvalue weighted by atomic mass is 10.0. The molecule has 2 atom stereocenters. The predicted octanol–water partition coefficient (Wildman–Crippen LogP) is 1.45. The van der Waals surface area contributed by atoms with Crippen molar-refractivity contribution < 1.29 is 9.26 Å². The lowest BCUT2D eigenvalue weighted by Crippen LogP contribution is -2.45. The molecule has 6 nitrogen and oxygen atoms in total. The van der Waals surface area contributed by atoms with E-state index in [0.717, 1.165) is 57.9 Å². The Morgan fingerprint density at radius 1 is 1.40 bits per heavy atom. The average Bonchev–Trinajstić information content (AvgIpc) is 3.11. The van der Waals surface area contributed by atoms with Gasteiger partial charge in [0.15, 0.2) is 5.82 Å². The van der Waals surface area contributed by atoms with Crippen LogP contribution in [0.5, 0.6) is 0 Å². The van der Waals surface area contributed by atoms with Crippen LogP contribution in [0.1, 0.15) is 50.9 Å². The van der Waals surface area contributed by atoms with Crippen molar-refractivity contribution >= 4 is 0 Å². The Morgan fingerprint density at radius 2 is 2.20 bits per heavy atom. The first-order valence-electron chi connectivity index (χ1n) is 7.66. The Balaban J connectivity index is 1.77. The van der Waals surface area contributed by atoms with Crippen LogP contribution in [0.3, 0.4) is 0 Å². The van der Waals surface area contributed by atoms with Gasteiger partial charge in [0.05, 0.1) is 6.04 Å².